The first-order valence-electron chi connectivity index (χ1n) is 8.60. The second-order valence-corrected chi connectivity index (χ2v) is 7.55. The summed E-state index contributed by atoms with van der Waals surface area (Å²) >= 11 is 1.54. The zero-order valence-corrected chi connectivity index (χ0v) is 16.7. The fraction of sp³-hybridized carbons (Fsp3) is 0.500. The second kappa shape index (κ2) is 9.39. The van der Waals surface area contributed by atoms with Gasteiger partial charge in [0, 0.05) is 24.0 Å². The number of halogens is 1. The van der Waals surface area contributed by atoms with Crippen molar-refractivity contribution in [3.05, 3.63) is 41.5 Å². The van der Waals surface area contributed by atoms with E-state index in [9.17, 15) is 4.79 Å². The average Bonchev–Trinajstić information content (AvgIpc) is 3.05. The number of aromatic nitrogens is 2. The van der Waals surface area contributed by atoms with Gasteiger partial charge in [-0.05, 0) is 44.7 Å². The summed E-state index contributed by atoms with van der Waals surface area (Å²) in [5, 5.41) is 3.80. The number of carbonyl (C=O) groups is 1. The first kappa shape index (κ1) is 20.7. The highest BCUT2D eigenvalue weighted by Gasteiger charge is 2.27. The number of benzene rings is 1. The van der Waals surface area contributed by atoms with E-state index in [2.05, 4.69) is 10.1 Å². The van der Waals surface area contributed by atoms with Crippen molar-refractivity contribution in [1.82, 2.24) is 15.0 Å². The normalized spacial score (nSPS) is 18.3. The van der Waals surface area contributed by atoms with E-state index in [1.165, 1.54) is 0 Å². The third-order valence-corrected chi connectivity index (χ3v) is 5.59. The number of hydrogen-bond acceptors (Lipinski definition) is 6. The minimum atomic E-state index is 0. The predicted molar refractivity (Wildman–Crippen MR) is 105 cm³/mol. The van der Waals surface area contributed by atoms with Crippen LogP contribution in [0.25, 0.3) is 0 Å². The number of amides is 1. The lowest BCUT2D eigenvalue weighted by atomic mass is 9.92. The molecule has 1 aliphatic heterocycles. The van der Waals surface area contributed by atoms with Gasteiger partial charge in [0.05, 0.1) is 11.3 Å². The van der Waals surface area contributed by atoms with Gasteiger partial charge in [0.15, 0.2) is 5.82 Å². The molecule has 3 rings (SSSR count). The standard InChI is InChI=1S/C18H24N4O2S.ClH/c1-12(19)14-6-5-9-22(10-14)18(23)15-7-3-4-8-16(15)25-11-17-20-13(2)21-24-17;/h3-4,7-8,12,14H,5-6,9-11,19H2,1-2H3;1H. The average molecular weight is 397 g/mol. The Balaban J connectivity index is 0.00000243. The van der Waals surface area contributed by atoms with Gasteiger partial charge in [0.25, 0.3) is 5.91 Å². The smallest absolute Gasteiger partial charge is 0.254 e. The first-order valence-corrected chi connectivity index (χ1v) is 9.59. The molecular formula is C18H25ClN4O2S. The van der Waals surface area contributed by atoms with E-state index in [0.717, 1.165) is 36.4 Å². The van der Waals surface area contributed by atoms with Crippen molar-refractivity contribution in [3.63, 3.8) is 0 Å². The molecule has 1 aromatic heterocycles. The van der Waals surface area contributed by atoms with Crippen LogP contribution in [0.2, 0.25) is 0 Å². The van der Waals surface area contributed by atoms with Crippen molar-refractivity contribution in [2.24, 2.45) is 11.7 Å². The highest BCUT2D eigenvalue weighted by atomic mass is 35.5. The van der Waals surface area contributed by atoms with Crippen LogP contribution in [0.4, 0.5) is 0 Å². The maximum Gasteiger partial charge on any atom is 0.254 e. The number of nitrogens with zero attached hydrogens (tertiary/aromatic N) is 3. The molecular weight excluding hydrogens is 372 g/mol. The number of hydrogen-bond donors (Lipinski definition) is 1. The number of aryl methyl sites for hydroxylation is 1. The Morgan fingerprint density at radius 2 is 2.23 bits per heavy atom. The molecule has 1 saturated heterocycles. The Bertz CT molecular complexity index is 737. The fourth-order valence-corrected chi connectivity index (χ4v) is 3.98. The summed E-state index contributed by atoms with van der Waals surface area (Å²) in [7, 11) is 0. The van der Waals surface area contributed by atoms with E-state index >= 15 is 0 Å². The lowest BCUT2D eigenvalue weighted by Gasteiger charge is -2.35. The Hall–Kier alpha value is -1.57. The van der Waals surface area contributed by atoms with Crippen molar-refractivity contribution >= 4 is 30.1 Å². The summed E-state index contributed by atoms with van der Waals surface area (Å²) in [5.74, 6) is 2.19. The lowest BCUT2D eigenvalue weighted by Crippen LogP contribution is -2.45. The van der Waals surface area contributed by atoms with Gasteiger partial charge in [0.2, 0.25) is 5.89 Å². The van der Waals surface area contributed by atoms with Gasteiger partial charge in [-0.3, -0.25) is 4.79 Å². The maximum atomic E-state index is 13.0. The molecule has 1 amide bonds. The van der Waals surface area contributed by atoms with Crippen LogP contribution in [0.15, 0.2) is 33.7 Å². The topological polar surface area (TPSA) is 85.2 Å². The lowest BCUT2D eigenvalue weighted by molar-refractivity contribution is 0.0657. The zero-order chi connectivity index (χ0) is 17.8. The van der Waals surface area contributed by atoms with Crippen LogP contribution in [-0.4, -0.2) is 40.1 Å². The predicted octanol–water partition coefficient (Wildman–Crippen LogP) is 3.29. The number of rotatable bonds is 5. The molecule has 1 fully saturated rings. The van der Waals surface area contributed by atoms with Gasteiger partial charge in [-0.1, -0.05) is 17.3 Å². The number of carbonyl (C=O) groups excluding carboxylic acids is 1. The van der Waals surface area contributed by atoms with E-state index in [-0.39, 0.29) is 24.4 Å². The van der Waals surface area contributed by atoms with Gasteiger partial charge >= 0.3 is 0 Å². The number of nitrogens with two attached hydrogens (primary N) is 1. The van der Waals surface area contributed by atoms with Crippen LogP contribution in [-0.2, 0) is 5.75 Å². The summed E-state index contributed by atoms with van der Waals surface area (Å²) in [6.45, 7) is 5.34. The monoisotopic (exact) mass is 396 g/mol. The molecule has 142 valence electrons. The maximum absolute atomic E-state index is 13.0. The Morgan fingerprint density at radius 1 is 1.46 bits per heavy atom. The van der Waals surface area contributed by atoms with Crippen molar-refractivity contribution in [3.8, 4) is 0 Å². The van der Waals surface area contributed by atoms with E-state index in [4.69, 9.17) is 10.3 Å². The third-order valence-electron chi connectivity index (χ3n) is 4.53. The van der Waals surface area contributed by atoms with Gasteiger partial charge < -0.3 is 15.2 Å². The zero-order valence-electron chi connectivity index (χ0n) is 15.1. The highest BCUT2D eigenvalue weighted by Crippen LogP contribution is 2.28. The van der Waals surface area contributed by atoms with Gasteiger partial charge in [-0.25, -0.2) is 0 Å². The van der Waals surface area contributed by atoms with E-state index in [0.29, 0.717) is 23.4 Å². The van der Waals surface area contributed by atoms with E-state index in [1.54, 1.807) is 18.7 Å². The molecule has 6 nitrogen and oxygen atoms in total. The molecule has 0 spiro atoms. The van der Waals surface area contributed by atoms with Crippen LogP contribution in [0.1, 0.15) is 41.8 Å². The molecule has 8 heteroatoms. The molecule has 2 unspecified atom stereocenters. The van der Waals surface area contributed by atoms with E-state index < -0.39 is 0 Å². The van der Waals surface area contributed by atoms with Crippen LogP contribution < -0.4 is 5.73 Å². The quantitative estimate of drug-likeness (QED) is 0.780. The van der Waals surface area contributed by atoms with Crippen LogP contribution >= 0.6 is 24.2 Å². The largest absolute Gasteiger partial charge is 0.338 e. The van der Waals surface area contributed by atoms with Crippen molar-refractivity contribution in [2.45, 2.75) is 43.4 Å². The summed E-state index contributed by atoms with van der Waals surface area (Å²) in [4.78, 5) is 20.1. The molecule has 2 heterocycles. The van der Waals surface area contributed by atoms with Crippen molar-refractivity contribution < 1.29 is 9.32 Å². The number of likely N-dealkylation sites (tertiary alicyclic amines) is 1. The molecule has 0 bridgehead atoms. The van der Waals surface area contributed by atoms with Crippen LogP contribution in [0.5, 0.6) is 0 Å². The molecule has 0 aliphatic carbocycles. The van der Waals surface area contributed by atoms with Crippen molar-refractivity contribution in [1.29, 1.82) is 0 Å². The van der Waals surface area contributed by atoms with Crippen molar-refractivity contribution in [2.75, 3.05) is 13.1 Å². The minimum Gasteiger partial charge on any atom is -0.338 e. The molecule has 1 aliphatic rings. The molecule has 26 heavy (non-hydrogen) atoms. The molecule has 2 atom stereocenters. The van der Waals surface area contributed by atoms with E-state index in [1.807, 2.05) is 36.1 Å². The SMILES string of the molecule is Cc1noc(CSc2ccccc2C(=O)N2CCCC(C(C)N)C2)n1.Cl. The molecule has 1 aromatic carbocycles. The highest BCUT2D eigenvalue weighted by molar-refractivity contribution is 7.98. The van der Waals surface area contributed by atoms with Crippen LogP contribution in [0, 0.1) is 12.8 Å². The summed E-state index contributed by atoms with van der Waals surface area (Å²) < 4.78 is 5.15. The molecule has 0 saturated carbocycles. The Kier molecular flexibility index (Phi) is 7.49. The van der Waals surface area contributed by atoms with Gasteiger partial charge in [0.1, 0.15) is 0 Å². The van der Waals surface area contributed by atoms with Gasteiger partial charge in [-0.2, -0.15) is 4.98 Å². The third kappa shape index (κ3) is 4.99. The van der Waals surface area contributed by atoms with Gasteiger partial charge in [-0.15, -0.1) is 24.2 Å². The first-order chi connectivity index (χ1) is 12.0. The number of thioether (sulfide) groups is 1. The number of piperidine rings is 1. The fourth-order valence-electron chi connectivity index (χ4n) is 3.10. The Morgan fingerprint density at radius 3 is 2.92 bits per heavy atom. The molecule has 2 N–H and O–H groups in total. The summed E-state index contributed by atoms with van der Waals surface area (Å²) in [6.07, 6.45) is 2.10. The second-order valence-electron chi connectivity index (χ2n) is 6.53. The molecule has 0 radical (unpaired) electrons. The minimum absolute atomic E-state index is 0. The summed E-state index contributed by atoms with van der Waals surface area (Å²) in [5.41, 5.74) is 6.78. The molecule has 2 aromatic rings. The Labute approximate surface area is 164 Å². The summed E-state index contributed by atoms with van der Waals surface area (Å²) in [6, 6.07) is 7.81. The van der Waals surface area contributed by atoms with Crippen LogP contribution in [0.3, 0.4) is 0 Å².